The van der Waals surface area contributed by atoms with Gasteiger partial charge in [0.25, 0.3) is 0 Å². The number of nitrogens with one attached hydrogen (secondary N) is 2. The zero-order valence-electron chi connectivity index (χ0n) is 10.9. The molecule has 102 valence electrons. The van der Waals surface area contributed by atoms with E-state index in [1.807, 2.05) is 18.2 Å². The lowest BCUT2D eigenvalue weighted by Crippen LogP contribution is -2.48. The van der Waals surface area contributed by atoms with Crippen molar-refractivity contribution >= 4 is 11.8 Å². The van der Waals surface area contributed by atoms with Crippen molar-refractivity contribution in [3.8, 4) is 0 Å². The predicted octanol–water partition coefficient (Wildman–Crippen LogP) is 0.470. The molecule has 5 nitrogen and oxygen atoms in total. The van der Waals surface area contributed by atoms with Crippen LogP contribution in [-0.2, 0) is 9.59 Å². The zero-order valence-corrected chi connectivity index (χ0v) is 10.9. The van der Waals surface area contributed by atoms with E-state index < -0.39 is 12.1 Å². The fourth-order valence-corrected chi connectivity index (χ4v) is 1.73. The smallest absolute Gasteiger partial charge is 0.242 e. The van der Waals surface area contributed by atoms with E-state index in [1.165, 1.54) is 0 Å². The van der Waals surface area contributed by atoms with Gasteiger partial charge in [0.1, 0.15) is 12.1 Å². The average Bonchev–Trinajstić information content (AvgIpc) is 3.22. The van der Waals surface area contributed by atoms with Gasteiger partial charge in [-0.3, -0.25) is 9.59 Å². The number of benzene rings is 1. The fraction of sp³-hybridized carbons (Fsp3) is 0.429. The predicted molar refractivity (Wildman–Crippen MR) is 72.1 cm³/mol. The first-order chi connectivity index (χ1) is 9.08. The molecule has 1 aliphatic carbocycles. The lowest BCUT2D eigenvalue weighted by molar-refractivity contribution is -0.129. The molecule has 0 spiro atoms. The highest BCUT2D eigenvalue weighted by Gasteiger charge is 2.27. The standard InChI is InChI=1S/C14H19N3O2/c1-9(13(18)17-11-7-8-11)16-14(19)12(15)10-5-3-2-4-6-10/h2-6,9,11-12H,7-8,15H2,1H3,(H,16,19)(H,17,18). The van der Waals surface area contributed by atoms with Gasteiger partial charge in [0.2, 0.25) is 11.8 Å². The van der Waals surface area contributed by atoms with Gasteiger partial charge < -0.3 is 16.4 Å². The maximum absolute atomic E-state index is 11.9. The van der Waals surface area contributed by atoms with E-state index in [2.05, 4.69) is 10.6 Å². The number of hydrogen-bond acceptors (Lipinski definition) is 3. The number of carbonyl (C=O) groups excluding carboxylic acids is 2. The second kappa shape index (κ2) is 5.84. The van der Waals surface area contributed by atoms with E-state index in [4.69, 9.17) is 5.73 Å². The number of rotatable bonds is 5. The molecule has 0 heterocycles. The van der Waals surface area contributed by atoms with E-state index >= 15 is 0 Å². The lowest BCUT2D eigenvalue weighted by atomic mass is 10.1. The van der Waals surface area contributed by atoms with E-state index in [0.29, 0.717) is 0 Å². The van der Waals surface area contributed by atoms with E-state index in [9.17, 15) is 9.59 Å². The molecule has 2 rings (SSSR count). The van der Waals surface area contributed by atoms with Crippen LogP contribution in [0, 0.1) is 0 Å². The van der Waals surface area contributed by atoms with Gasteiger partial charge in [-0.1, -0.05) is 30.3 Å². The van der Waals surface area contributed by atoms with Crippen molar-refractivity contribution in [3.63, 3.8) is 0 Å². The first-order valence-electron chi connectivity index (χ1n) is 6.49. The summed E-state index contributed by atoms with van der Waals surface area (Å²) in [4.78, 5) is 23.7. The monoisotopic (exact) mass is 261 g/mol. The Morgan fingerprint density at radius 2 is 1.84 bits per heavy atom. The Labute approximate surface area is 112 Å². The van der Waals surface area contributed by atoms with Gasteiger partial charge in [-0.2, -0.15) is 0 Å². The van der Waals surface area contributed by atoms with Crippen molar-refractivity contribution in [2.75, 3.05) is 0 Å². The molecular formula is C14H19N3O2. The van der Waals surface area contributed by atoms with E-state index in [-0.39, 0.29) is 17.9 Å². The Balaban J connectivity index is 1.87. The van der Waals surface area contributed by atoms with Crippen LogP contribution in [0.5, 0.6) is 0 Å². The fourth-order valence-electron chi connectivity index (χ4n) is 1.73. The summed E-state index contributed by atoms with van der Waals surface area (Å²) >= 11 is 0. The van der Waals surface area contributed by atoms with Crippen LogP contribution in [0.3, 0.4) is 0 Å². The average molecular weight is 261 g/mol. The molecule has 1 aromatic rings. The first kappa shape index (κ1) is 13.5. The Kier molecular flexibility index (Phi) is 4.16. The quantitative estimate of drug-likeness (QED) is 0.720. The van der Waals surface area contributed by atoms with Gasteiger partial charge in [0, 0.05) is 6.04 Å². The molecule has 2 atom stereocenters. The minimum absolute atomic E-state index is 0.156. The summed E-state index contributed by atoms with van der Waals surface area (Å²) < 4.78 is 0. The second-order valence-corrected chi connectivity index (χ2v) is 4.90. The van der Waals surface area contributed by atoms with Crippen LogP contribution >= 0.6 is 0 Å². The molecule has 1 fully saturated rings. The van der Waals surface area contributed by atoms with Crippen molar-refractivity contribution in [1.82, 2.24) is 10.6 Å². The van der Waals surface area contributed by atoms with Crippen LogP contribution in [-0.4, -0.2) is 23.9 Å². The summed E-state index contributed by atoms with van der Waals surface area (Å²) in [6.45, 7) is 1.66. The summed E-state index contributed by atoms with van der Waals surface area (Å²) in [5.41, 5.74) is 6.59. The Morgan fingerprint density at radius 1 is 1.21 bits per heavy atom. The number of hydrogen-bond donors (Lipinski definition) is 3. The molecule has 0 bridgehead atoms. The largest absolute Gasteiger partial charge is 0.352 e. The summed E-state index contributed by atoms with van der Waals surface area (Å²) in [6, 6.07) is 8.06. The third kappa shape index (κ3) is 3.79. The highest BCUT2D eigenvalue weighted by Crippen LogP contribution is 2.18. The molecule has 5 heteroatoms. The maximum atomic E-state index is 11.9. The molecule has 19 heavy (non-hydrogen) atoms. The lowest BCUT2D eigenvalue weighted by Gasteiger charge is -2.17. The molecule has 0 radical (unpaired) electrons. The van der Waals surface area contributed by atoms with Crippen LogP contribution in [0.15, 0.2) is 30.3 Å². The van der Waals surface area contributed by atoms with Crippen LogP contribution in [0.2, 0.25) is 0 Å². The van der Waals surface area contributed by atoms with E-state index in [0.717, 1.165) is 18.4 Å². The summed E-state index contributed by atoms with van der Waals surface area (Å²) in [5, 5.41) is 5.48. The molecule has 1 aliphatic rings. The number of nitrogens with two attached hydrogens (primary N) is 1. The Bertz CT molecular complexity index is 457. The summed E-state index contributed by atoms with van der Waals surface area (Å²) in [7, 11) is 0. The number of carbonyl (C=O) groups is 2. The molecular weight excluding hydrogens is 242 g/mol. The van der Waals surface area contributed by atoms with Crippen molar-refractivity contribution in [2.45, 2.75) is 37.9 Å². The zero-order chi connectivity index (χ0) is 13.8. The van der Waals surface area contributed by atoms with Crippen molar-refractivity contribution in [1.29, 1.82) is 0 Å². The maximum Gasteiger partial charge on any atom is 0.242 e. The molecule has 4 N–H and O–H groups in total. The first-order valence-corrected chi connectivity index (χ1v) is 6.49. The van der Waals surface area contributed by atoms with Gasteiger partial charge in [-0.05, 0) is 25.3 Å². The SMILES string of the molecule is CC(NC(=O)C(N)c1ccccc1)C(=O)NC1CC1. The Morgan fingerprint density at radius 3 is 2.42 bits per heavy atom. The van der Waals surface area contributed by atoms with Crippen LogP contribution < -0.4 is 16.4 Å². The van der Waals surface area contributed by atoms with Gasteiger partial charge in [-0.25, -0.2) is 0 Å². The topological polar surface area (TPSA) is 84.2 Å². The molecule has 1 aromatic carbocycles. The molecule has 2 unspecified atom stereocenters. The summed E-state index contributed by atoms with van der Waals surface area (Å²) in [5.74, 6) is -0.499. The van der Waals surface area contributed by atoms with Crippen LogP contribution in [0.25, 0.3) is 0 Å². The minimum Gasteiger partial charge on any atom is -0.352 e. The van der Waals surface area contributed by atoms with Gasteiger partial charge in [0.05, 0.1) is 0 Å². The van der Waals surface area contributed by atoms with Gasteiger partial charge >= 0.3 is 0 Å². The molecule has 1 saturated carbocycles. The van der Waals surface area contributed by atoms with Crippen LogP contribution in [0.4, 0.5) is 0 Å². The van der Waals surface area contributed by atoms with Gasteiger partial charge in [-0.15, -0.1) is 0 Å². The third-order valence-corrected chi connectivity index (χ3v) is 3.12. The molecule has 2 amide bonds. The van der Waals surface area contributed by atoms with Crippen LogP contribution in [0.1, 0.15) is 31.4 Å². The van der Waals surface area contributed by atoms with Crippen molar-refractivity contribution < 1.29 is 9.59 Å². The second-order valence-electron chi connectivity index (χ2n) is 4.90. The number of amides is 2. The van der Waals surface area contributed by atoms with Gasteiger partial charge in [0.15, 0.2) is 0 Å². The van der Waals surface area contributed by atoms with E-state index in [1.54, 1.807) is 19.1 Å². The van der Waals surface area contributed by atoms with Crippen molar-refractivity contribution in [3.05, 3.63) is 35.9 Å². The molecule has 0 aliphatic heterocycles. The Hall–Kier alpha value is -1.88. The normalized spacial score (nSPS) is 17.4. The highest BCUT2D eigenvalue weighted by atomic mass is 16.2. The minimum atomic E-state index is -0.752. The molecule has 0 aromatic heterocycles. The highest BCUT2D eigenvalue weighted by molar-refractivity contribution is 5.90. The van der Waals surface area contributed by atoms with Crippen molar-refractivity contribution in [2.24, 2.45) is 5.73 Å². The third-order valence-electron chi connectivity index (χ3n) is 3.12. The summed E-state index contributed by atoms with van der Waals surface area (Å²) in [6.07, 6.45) is 2.05. The molecule has 0 saturated heterocycles.